The minimum atomic E-state index is -5.58. The summed E-state index contributed by atoms with van der Waals surface area (Å²) < 4.78 is 214. The van der Waals surface area contributed by atoms with Gasteiger partial charge >= 0.3 is 36.1 Å². The summed E-state index contributed by atoms with van der Waals surface area (Å²) in [6.07, 6.45) is -24.4. The van der Waals surface area contributed by atoms with E-state index in [2.05, 4.69) is 31.1 Å². The molecule has 9 rings (SSSR count). The highest BCUT2D eigenvalue weighted by molar-refractivity contribution is 6.23. The maximum atomic E-state index is 16.7. The molecule has 2 aliphatic heterocycles. The Hall–Kier alpha value is -8.16. The van der Waals surface area contributed by atoms with Crippen LogP contribution in [0.2, 0.25) is 0 Å². The molecule has 1 aliphatic carbocycles. The Bertz CT molecular complexity index is 3510. The van der Waals surface area contributed by atoms with Crippen molar-refractivity contribution in [3.63, 3.8) is 0 Å². The number of aromatic amines is 2. The quantitative estimate of drug-likeness (QED) is 0.0568. The second kappa shape index (κ2) is 20.8. The Labute approximate surface area is 439 Å². The van der Waals surface area contributed by atoms with Crippen LogP contribution in [0, 0.1) is 17.6 Å². The zero-order chi connectivity index (χ0) is 57.9. The number of alkyl halides is 12. The minimum Gasteiger partial charge on any atom is -0.493 e. The monoisotopic (exact) mass is 1150 g/mol. The molecule has 4 aromatic heterocycles. The average molecular weight is 1150 g/mol. The van der Waals surface area contributed by atoms with Crippen LogP contribution in [-0.4, -0.2) is 114 Å². The second-order valence-electron chi connectivity index (χ2n) is 19.1. The van der Waals surface area contributed by atoms with E-state index in [-0.39, 0.29) is 43.5 Å². The van der Waals surface area contributed by atoms with Crippen molar-refractivity contribution in [2.24, 2.45) is 5.92 Å². The van der Waals surface area contributed by atoms with Gasteiger partial charge in [-0.15, -0.1) is 0 Å². The first-order valence-electron chi connectivity index (χ1n) is 24.3. The van der Waals surface area contributed by atoms with Gasteiger partial charge in [0.1, 0.15) is 28.8 Å². The van der Waals surface area contributed by atoms with E-state index in [0.717, 1.165) is 41.2 Å². The van der Waals surface area contributed by atoms with Gasteiger partial charge < -0.3 is 15.0 Å². The molecule has 3 aliphatic rings. The van der Waals surface area contributed by atoms with Crippen LogP contribution in [0.15, 0.2) is 70.5 Å². The van der Waals surface area contributed by atoms with Crippen LogP contribution < -0.4 is 21.4 Å². The van der Waals surface area contributed by atoms with E-state index >= 15 is 39.9 Å². The Balaban J connectivity index is 1.09. The predicted octanol–water partition coefficient (Wildman–Crippen LogP) is 7.43. The standard InChI is InChI=1S/C47H42F14N14O5/c1-2-71-15-11-34(65-71)28-22-43(47(59,60)61,30-9-7-24(18-31(30)48)6-3-4-13-44(50,51)52)73(39(77)37(28)75-41(79)64-68-70-75)35-19-25(35)23-72-16-12-33(66-72)27-21-42(46(56,57)58,62-38(76)36(27)74-40(78)63-67-69-74)29-10-8-26(20-32(29)49)80-17-5-14-45(53,54)55/h7-12,15-16,18,20,25,35H,2-6,13-14,17,19,21-23H2,1H3,(H,62,76)(H,63,69,78)(H,64,70,79)/t25?,35?,42-,43-/m0/s1. The van der Waals surface area contributed by atoms with Crippen molar-refractivity contribution in [2.75, 3.05) is 6.61 Å². The molecule has 6 heterocycles. The maximum Gasteiger partial charge on any atom is 0.416 e. The highest BCUT2D eigenvalue weighted by Gasteiger charge is 2.69. The average Bonchev–Trinajstić information content (AvgIpc) is 4.04. The van der Waals surface area contributed by atoms with Crippen LogP contribution in [0.5, 0.6) is 5.75 Å². The zero-order valence-electron chi connectivity index (χ0n) is 41.2. The van der Waals surface area contributed by atoms with Gasteiger partial charge in [-0.05, 0) is 95.8 Å². The number of nitrogens with one attached hydrogen (secondary N) is 3. The largest absolute Gasteiger partial charge is 0.493 e. The molecule has 0 bridgehead atoms. The summed E-state index contributed by atoms with van der Waals surface area (Å²) >= 11 is 0. The fourth-order valence-corrected chi connectivity index (χ4v) is 10.1. The first-order valence-corrected chi connectivity index (χ1v) is 24.3. The number of aryl methyl sites for hydroxylation is 2. The van der Waals surface area contributed by atoms with Crippen LogP contribution in [0.3, 0.4) is 0 Å². The molecule has 6 aromatic rings. The number of amides is 2. The fraction of sp³-hybridized carbons (Fsp3) is 0.447. The number of carbonyl (C=O) groups excluding carboxylic acids is 2. The normalized spacial score (nSPS) is 21.2. The number of aromatic nitrogens is 12. The summed E-state index contributed by atoms with van der Waals surface area (Å²) in [7, 11) is 0. The van der Waals surface area contributed by atoms with E-state index in [1.807, 2.05) is 10.2 Å². The lowest BCUT2D eigenvalue weighted by molar-refractivity contribution is -0.239. The number of unbranched alkanes of at least 4 members (excludes halogenated alkanes) is 1. The molecule has 428 valence electrons. The number of H-pyrrole nitrogens is 2. The third kappa shape index (κ3) is 10.8. The van der Waals surface area contributed by atoms with Crippen LogP contribution >= 0.6 is 0 Å². The van der Waals surface area contributed by atoms with E-state index in [9.17, 15) is 40.7 Å². The van der Waals surface area contributed by atoms with Crippen LogP contribution in [0.1, 0.15) is 86.4 Å². The van der Waals surface area contributed by atoms with E-state index in [0.29, 0.717) is 26.4 Å². The van der Waals surface area contributed by atoms with Gasteiger partial charge in [0.2, 0.25) is 0 Å². The van der Waals surface area contributed by atoms with Gasteiger partial charge in [-0.3, -0.25) is 19.0 Å². The first kappa shape index (κ1) is 56.6. The van der Waals surface area contributed by atoms with Crippen molar-refractivity contribution in [2.45, 2.75) is 120 Å². The van der Waals surface area contributed by atoms with Gasteiger partial charge in [-0.2, -0.15) is 72.2 Å². The molecular formula is C47H42F14N14O5. The minimum absolute atomic E-state index is 0.0363. The Kier molecular flexibility index (Phi) is 14.7. The fourth-order valence-electron chi connectivity index (χ4n) is 10.1. The summed E-state index contributed by atoms with van der Waals surface area (Å²) in [5.74, 6) is -7.82. The highest BCUT2D eigenvalue weighted by atomic mass is 19.4. The van der Waals surface area contributed by atoms with Crippen molar-refractivity contribution in [1.82, 2.24) is 70.2 Å². The number of halogens is 14. The van der Waals surface area contributed by atoms with Crippen molar-refractivity contribution >= 4 is 34.4 Å². The lowest BCUT2D eigenvalue weighted by Crippen LogP contribution is -2.62. The van der Waals surface area contributed by atoms with Gasteiger partial charge in [-0.25, -0.2) is 28.6 Å². The smallest absolute Gasteiger partial charge is 0.416 e. The van der Waals surface area contributed by atoms with Gasteiger partial charge in [0.25, 0.3) is 11.8 Å². The van der Waals surface area contributed by atoms with E-state index in [1.54, 1.807) is 12.2 Å². The molecule has 2 amide bonds. The van der Waals surface area contributed by atoms with E-state index in [1.165, 1.54) is 16.9 Å². The summed E-state index contributed by atoms with van der Waals surface area (Å²) in [5, 5.41) is 28.0. The van der Waals surface area contributed by atoms with Crippen LogP contribution in [0.25, 0.3) is 22.5 Å². The maximum absolute atomic E-state index is 16.7. The van der Waals surface area contributed by atoms with Gasteiger partial charge in [0.05, 0.1) is 18.0 Å². The summed E-state index contributed by atoms with van der Waals surface area (Å²) in [5.41, 5.74) is -15.5. The van der Waals surface area contributed by atoms with Crippen molar-refractivity contribution < 1.29 is 75.8 Å². The number of tetrazole rings is 2. The molecule has 1 saturated carbocycles. The number of hydrogen-bond acceptors (Lipinski definition) is 11. The third-order valence-corrected chi connectivity index (χ3v) is 13.9. The highest BCUT2D eigenvalue weighted by Crippen LogP contribution is 2.59. The molecule has 0 saturated heterocycles. The molecule has 0 spiro atoms. The molecule has 1 fully saturated rings. The van der Waals surface area contributed by atoms with Crippen LogP contribution in [0.4, 0.5) is 61.5 Å². The van der Waals surface area contributed by atoms with Gasteiger partial charge in [-0.1, -0.05) is 12.1 Å². The number of rotatable bonds is 18. The predicted molar refractivity (Wildman–Crippen MR) is 246 cm³/mol. The van der Waals surface area contributed by atoms with Gasteiger partial charge in [0, 0.05) is 91.5 Å². The SMILES string of the molecule is CCn1ccc(C2=C(n3nn[nH]c3=O)C(=O)N(C3CC3Cn3ccc(C4=C(n5nn[nH]c5=O)C(=O)N[C@@](c5ccc(OCCCC(F)(F)F)cc5F)(C(F)(F)F)C4)n3)[C@@](c3ccc(CCCCC(F)(F)F)cc3F)(C(F)(F)F)C2)n1. The lowest BCUT2D eigenvalue weighted by atomic mass is 9.76. The number of nitrogens with zero attached hydrogens (tertiary/aromatic N) is 11. The zero-order valence-corrected chi connectivity index (χ0v) is 41.2. The molecular weight excluding hydrogens is 1110 g/mol. The number of benzene rings is 2. The second-order valence-corrected chi connectivity index (χ2v) is 19.1. The Morgan fingerprint density at radius 2 is 1.26 bits per heavy atom. The van der Waals surface area contributed by atoms with Crippen LogP contribution in [-0.2, 0) is 40.2 Å². The van der Waals surface area contributed by atoms with E-state index < -0.39 is 173 Å². The van der Waals surface area contributed by atoms with Crippen molar-refractivity contribution in [3.05, 3.63) is 122 Å². The molecule has 4 atom stereocenters. The Morgan fingerprint density at radius 1 is 0.675 bits per heavy atom. The molecule has 2 unspecified atom stereocenters. The summed E-state index contributed by atoms with van der Waals surface area (Å²) in [6.45, 7) is 0.769. The lowest BCUT2D eigenvalue weighted by Gasteiger charge is -2.49. The topological polar surface area (TPSA) is 221 Å². The Morgan fingerprint density at radius 3 is 1.82 bits per heavy atom. The molecule has 80 heavy (non-hydrogen) atoms. The van der Waals surface area contributed by atoms with E-state index in [4.69, 9.17) is 4.74 Å². The molecule has 2 aromatic carbocycles. The number of carbonyl (C=O) groups is 2. The van der Waals surface area contributed by atoms with Gasteiger partial charge in [0.15, 0.2) is 11.1 Å². The summed E-state index contributed by atoms with van der Waals surface area (Å²) in [4.78, 5) is 55.5. The van der Waals surface area contributed by atoms with Crippen molar-refractivity contribution in [3.8, 4) is 5.75 Å². The third-order valence-electron chi connectivity index (χ3n) is 13.9. The first-order chi connectivity index (χ1) is 37.6. The molecule has 3 N–H and O–H groups in total. The number of ether oxygens (including phenoxy) is 1. The van der Waals surface area contributed by atoms with Crippen molar-refractivity contribution in [1.29, 1.82) is 0 Å². The number of hydrogen-bond donors (Lipinski definition) is 3. The molecule has 0 radical (unpaired) electrons. The summed E-state index contributed by atoms with van der Waals surface area (Å²) in [6, 6.07) is 5.26. The molecule has 19 nitrogen and oxygen atoms in total. The molecule has 33 heteroatoms.